The Morgan fingerprint density at radius 2 is 1.83 bits per heavy atom. The number of hydrogen-bond acceptors (Lipinski definition) is 1. The minimum atomic E-state index is 0.130. The first kappa shape index (κ1) is 11.7. The van der Waals surface area contributed by atoms with E-state index in [4.69, 9.17) is 0 Å². The Balaban J connectivity index is 3.94. The molecule has 0 saturated carbocycles. The molecule has 1 atom stereocenters. The molecule has 0 aliphatic rings. The second kappa shape index (κ2) is 4.64. The summed E-state index contributed by atoms with van der Waals surface area (Å²) in [6.45, 7) is 10.5. The minimum Gasteiger partial charge on any atom is -0.299 e. The van der Waals surface area contributed by atoms with E-state index in [1.165, 1.54) is 0 Å². The highest BCUT2D eigenvalue weighted by atomic mass is 16.1. The van der Waals surface area contributed by atoms with Crippen molar-refractivity contribution in [2.45, 2.75) is 53.9 Å². The van der Waals surface area contributed by atoms with Gasteiger partial charge in [0.2, 0.25) is 0 Å². The van der Waals surface area contributed by atoms with Crippen LogP contribution in [-0.2, 0) is 4.79 Å². The zero-order valence-electron chi connectivity index (χ0n) is 9.11. The van der Waals surface area contributed by atoms with Crippen LogP contribution in [0.25, 0.3) is 0 Å². The van der Waals surface area contributed by atoms with Gasteiger partial charge >= 0.3 is 0 Å². The summed E-state index contributed by atoms with van der Waals surface area (Å²) in [5.74, 6) is 0.619. The predicted octanol–water partition coefficient (Wildman–Crippen LogP) is 3.43. The molecular weight excluding hydrogens is 148 g/mol. The normalized spacial score (nSPS) is 14.4. The Morgan fingerprint density at radius 3 is 2.17 bits per heavy atom. The molecule has 0 heterocycles. The van der Waals surface area contributed by atoms with Crippen LogP contribution in [-0.4, -0.2) is 5.78 Å². The molecule has 1 nitrogen and oxygen atoms in total. The number of carbonyl (C=O) groups excluding carboxylic acids is 1. The van der Waals surface area contributed by atoms with Crippen LogP contribution < -0.4 is 0 Å². The number of carbonyl (C=O) groups is 1. The van der Waals surface area contributed by atoms with E-state index < -0.39 is 0 Å². The van der Waals surface area contributed by atoms with Crippen LogP contribution in [0.2, 0.25) is 0 Å². The SMILES string of the molecule is CCCCC(=O)C(C)C(C)(C)C. The molecule has 0 rings (SSSR count). The summed E-state index contributed by atoms with van der Waals surface area (Å²) in [6, 6.07) is 0. The topological polar surface area (TPSA) is 17.1 Å². The molecule has 0 aromatic heterocycles. The average molecular weight is 170 g/mol. The van der Waals surface area contributed by atoms with Crippen molar-refractivity contribution in [1.29, 1.82) is 0 Å². The van der Waals surface area contributed by atoms with Gasteiger partial charge in [0.15, 0.2) is 0 Å². The standard InChI is InChI=1S/C11H22O/c1-6-7-8-10(12)9(2)11(3,4)5/h9H,6-8H2,1-5H3. The van der Waals surface area contributed by atoms with Gasteiger partial charge in [-0.05, 0) is 11.8 Å². The van der Waals surface area contributed by atoms with Crippen molar-refractivity contribution in [3.8, 4) is 0 Å². The maximum Gasteiger partial charge on any atom is 0.136 e. The second-order valence-corrected chi connectivity index (χ2v) is 4.66. The van der Waals surface area contributed by atoms with E-state index in [2.05, 4.69) is 27.7 Å². The zero-order chi connectivity index (χ0) is 9.78. The third-order valence-corrected chi connectivity index (χ3v) is 2.56. The predicted molar refractivity (Wildman–Crippen MR) is 53.2 cm³/mol. The lowest BCUT2D eigenvalue weighted by atomic mass is 9.78. The van der Waals surface area contributed by atoms with Crippen molar-refractivity contribution in [2.24, 2.45) is 11.3 Å². The Morgan fingerprint density at radius 1 is 1.33 bits per heavy atom. The van der Waals surface area contributed by atoms with Crippen molar-refractivity contribution in [3.05, 3.63) is 0 Å². The monoisotopic (exact) mass is 170 g/mol. The fourth-order valence-electron chi connectivity index (χ4n) is 1.05. The molecule has 0 aromatic carbocycles. The molecule has 0 aromatic rings. The number of Topliss-reactive ketones (excluding diaryl/α,β-unsaturated/α-hetero) is 1. The molecule has 0 bridgehead atoms. The van der Waals surface area contributed by atoms with Gasteiger partial charge in [-0.3, -0.25) is 4.79 Å². The maximum atomic E-state index is 11.5. The van der Waals surface area contributed by atoms with Crippen molar-refractivity contribution in [2.75, 3.05) is 0 Å². The van der Waals surface area contributed by atoms with Crippen LogP contribution in [0.1, 0.15) is 53.9 Å². The van der Waals surface area contributed by atoms with Crippen LogP contribution in [0.4, 0.5) is 0 Å². The van der Waals surface area contributed by atoms with Gasteiger partial charge in [0.25, 0.3) is 0 Å². The highest BCUT2D eigenvalue weighted by molar-refractivity contribution is 5.81. The summed E-state index contributed by atoms with van der Waals surface area (Å²) in [7, 11) is 0. The molecule has 1 unspecified atom stereocenters. The van der Waals surface area contributed by atoms with Crippen molar-refractivity contribution >= 4 is 5.78 Å². The summed E-state index contributed by atoms with van der Waals surface area (Å²) >= 11 is 0. The minimum absolute atomic E-state index is 0.130. The quantitative estimate of drug-likeness (QED) is 0.631. The zero-order valence-corrected chi connectivity index (χ0v) is 9.11. The number of rotatable bonds is 4. The first-order valence-electron chi connectivity index (χ1n) is 4.92. The summed E-state index contributed by atoms with van der Waals surface area (Å²) in [5, 5.41) is 0. The molecule has 0 amide bonds. The molecule has 0 fully saturated rings. The Kier molecular flexibility index (Phi) is 4.51. The third kappa shape index (κ3) is 3.89. The van der Waals surface area contributed by atoms with E-state index in [-0.39, 0.29) is 11.3 Å². The second-order valence-electron chi connectivity index (χ2n) is 4.66. The van der Waals surface area contributed by atoms with Crippen LogP contribution >= 0.6 is 0 Å². The van der Waals surface area contributed by atoms with E-state index in [1.807, 2.05) is 6.92 Å². The molecule has 72 valence electrons. The van der Waals surface area contributed by atoms with Gasteiger partial charge in [0.05, 0.1) is 0 Å². The van der Waals surface area contributed by atoms with Gasteiger partial charge in [-0.15, -0.1) is 0 Å². The lowest BCUT2D eigenvalue weighted by Crippen LogP contribution is -2.25. The third-order valence-electron chi connectivity index (χ3n) is 2.56. The van der Waals surface area contributed by atoms with Crippen LogP contribution in [0.15, 0.2) is 0 Å². The first-order chi connectivity index (χ1) is 5.39. The molecule has 0 saturated heterocycles. The van der Waals surface area contributed by atoms with Crippen molar-refractivity contribution in [3.63, 3.8) is 0 Å². The summed E-state index contributed by atoms with van der Waals surface area (Å²) in [6.07, 6.45) is 2.91. The Labute approximate surface area is 76.6 Å². The summed E-state index contributed by atoms with van der Waals surface area (Å²) in [4.78, 5) is 11.5. The van der Waals surface area contributed by atoms with E-state index in [1.54, 1.807) is 0 Å². The van der Waals surface area contributed by atoms with Gasteiger partial charge in [0, 0.05) is 12.3 Å². The first-order valence-corrected chi connectivity index (χ1v) is 4.92. The summed E-state index contributed by atoms with van der Waals surface area (Å²) < 4.78 is 0. The highest BCUT2D eigenvalue weighted by Crippen LogP contribution is 2.27. The lowest BCUT2D eigenvalue weighted by Gasteiger charge is -2.25. The largest absolute Gasteiger partial charge is 0.299 e. The molecule has 0 aliphatic heterocycles. The molecule has 0 radical (unpaired) electrons. The Bertz CT molecular complexity index is 142. The van der Waals surface area contributed by atoms with Crippen LogP contribution in [0, 0.1) is 11.3 Å². The van der Waals surface area contributed by atoms with Crippen LogP contribution in [0.3, 0.4) is 0 Å². The number of unbranched alkanes of at least 4 members (excludes halogenated alkanes) is 1. The van der Waals surface area contributed by atoms with E-state index >= 15 is 0 Å². The average Bonchev–Trinajstić information content (AvgIpc) is 1.97. The highest BCUT2D eigenvalue weighted by Gasteiger charge is 2.25. The fraction of sp³-hybridized carbons (Fsp3) is 0.909. The Hall–Kier alpha value is -0.330. The number of hydrogen-bond donors (Lipinski definition) is 0. The maximum absolute atomic E-state index is 11.5. The van der Waals surface area contributed by atoms with Gasteiger partial charge in [-0.25, -0.2) is 0 Å². The van der Waals surface area contributed by atoms with Gasteiger partial charge in [-0.1, -0.05) is 41.0 Å². The smallest absolute Gasteiger partial charge is 0.136 e. The fourth-order valence-corrected chi connectivity index (χ4v) is 1.05. The molecule has 0 aliphatic carbocycles. The molecule has 0 spiro atoms. The van der Waals surface area contributed by atoms with Crippen LogP contribution in [0.5, 0.6) is 0 Å². The molecule has 1 heteroatoms. The van der Waals surface area contributed by atoms with Gasteiger partial charge in [-0.2, -0.15) is 0 Å². The molecular formula is C11H22O. The molecule has 12 heavy (non-hydrogen) atoms. The van der Waals surface area contributed by atoms with E-state index in [0.717, 1.165) is 19.3 Å². The number of ketones is 1. The van der Waals surface area contributed by atoms with E-state index in [0.29, 0.717) is 5.78 Å². The van der Waals surface area contributed by atoms with Crippen molar-refractivity contribution < 1.29 is 4.79 Å². The van der Waals surface area contributed by atoms with Gasteiger partial charge < -0.3 is 0 Å². The van der Waals surface area contributed by atoms with E-state index in [9.17, 15) is 4.79 Å². The van der Waals surface area contributed by atoms with Crippen molar-refractivity contribution in [1.82, 2.24) is 0 Å². The molecule has 0 N–H and O–H groups in total. The van der Waals surface area contributed by atoms with Gasteiger partial charge in [0.1, 0.15) is 5.78 Å². The lowest BCUT2D eigenvalue weighted by molar-refractivity contribution is -0.125. The summed E-state index contributed by atoms with van der Waals surface area (Å²) in [5.41, 5.74) is 0.130.